The first-order valence-electron chi connectivity index (χ1n) is 9.38. The molecule has 146 valence electrons. The fourth-order valence-corrected chi connectivity index (χ4v) is 4.02. The van der Waals surface area contributed by atoms with Crippen LogP contribution in [-0.2, 0) is 16.1 Å². The van der Waals surface area contributed by atoms with Crippen molar-refractivity contribution in [3.8, 4) is 11.8 Å². The summed E-state index contributed by atoms with van der Waals surface area (Å²) in [6, 6.07) is 17.5. The first kappa shape index (κ1) is 19.3. The monoisotopic (exact) mass is 450 g/mol. The number of halogens is 1. The van der Waals surface area contributed by atoms with Gasteiger partial charge in [0.2, 0.25) is 5.88 Å². The van der Waals surface area contributed by atoms with Gasteiger partial charge in [-0.15, -0.1) is 0 Å². The lowest BCUT2D eigenvalue weighted by Gasteiger charge is -2.31. The van der Waals surface area contributed by atoms with Gasteiger partial charge < -0.3 is 15.2 Å². The van der Waals surface area contributed by atoms with Crippen LogP contribution in [0.3, 0.4) is 0 Å². The Morgan fingerprint density at radius 1 is 1.17 bits per heavy atom. The fourth-order valence-electron chi connectivity index (χ4n) is 3.76. The molecule has 0 radical (unpaired) electrons. The highest BCUT2D eigenvalue weighted by atomic mass is 79.9. The normalized spacial score (nSPS) is 18.8. The number of benzene rings is 2. The van der Waals surface area contributed by atoms with Gasteiger partial charge in [0.1, 0.15) is 29.8 Å². The van der Waals surface area contributed by atoms with E-state index in [4.69, 9.17) is 15.2 Å². The largest absolute Gasteiger partial charge is 0.489 e. The summed E-state index contributed by atoms with van der Waals surface area (Å²) in [5, 5.41) is 9.75. The van der Waals surface area contributed by atoms with E-state index in [2.05, 4.69) is 22.0 Å². The summed E-state index contributed by atoms with van der Waals surface area (Å²) in [6.45, 7) is 0.369. The minimum atomic E-state index is -0.572. The Morgan fingerprint density at radius 3 is 2.69 bits per heavy atom. The number of Topliss-reactive ketones (excluding diaryl/α,β-unsaturated/α-hetero) is 1. The lowest BCUT2D eigenvalue weighted by molar-refractivity contribution is -0.116. The third-order valence-electron chi connectivity index (χ3n) is 5.14. The molecule has 0 amide bonds. The number of nitriles is 1. The number of carbonyl (C=O) groups excluding carboxylic acids is 1. The van der Waals surface area contributed by atoms with Gasteiger partial charge in [0.25, 0.3) is 0 Å². The molecule has 0 spiro atoms. The summed E-state index contributed by atoms with van der Waals surface area (Å²) in [5.41, 5.74) is 8.58. The molecule has 1 atom stereocenters. The van der Waals surface area contributed by atoms with Crippen molar-refractivity contribution in [3.63, 3.8) is 0 Å². The zero-order chi connectivity index (χ0) is 20.4. The van der Waals surface area contributed by atoms with Crippen LogP contribution in [0.25, 0.3) is 0 Å². The van der Waals surface area contributed by atoms with E-state index in [0.717, 1.165) is 22.0 Å². The maximum absolute atomic E-state index is 12.7. The van der Waals surface area contributed by atoms with Crippen LogP contribution in [0.4, 0.5) is 0 Å². The number of allylic oxidation sites excluding steroid dienone is 3. The van der Waals surface area contributed by atoms with Crippen LogP contribution in [0, 0.1) is 11.3 Å². The van der Waals surface area contributed by atoms with Crippen LogP contribution < -0.4 is 10.5 Å². The van der Waals surface area contributed by atoms with E-state index in [1.807, 2.05) is 48.5 Å². The molecule has 0 fully saturated rings. The van der Waals surface area contributed by atoms with Crippen LogP contribution in [0.2, 0.25) is 0 Å². The van der Waals surface area contributed by atoms with Crippen molar-refractivity contribution < 1.29 is 14.3 Å². The van der Waals surface area contributed by atoms with Gasteiger partial charge in [-0.2, -0.15) is 5.26 Å². The van der Waals surface area contributed by atoms with Gasteiger partial charge in [-0.1, -0.05) is 46.3 Å². The second-order valence-electron chi connectivity index (χ2n) is 6.99. The number of ketones is 1. The molecular weight excluding hydrogens is 432 g/mol. The minimum Gasteiger partial charge on any atom is -0.489 e. The van der Waals surface area contributed by atoms with Crippen molar-refractivity contribution in [1.82, 2.24) is 0 Å². The van der Waals surface area contributed by atoms with E-state index < -0.39 is 5.92 Å². The summed E-state index contributed by atoms with van der Waals surface area (Å²) in [7, 11) is 0. The van der Waals surface area contributed by atoms with E-state index >= 15 is 0 Å². The molecule has 0 bridgehead atoms. The topological polar surface area (TPSA) is 85.3 Å². The summed E-state index contributed by atoms with van der Waals surface area (Å²) in [5.74, 6) is 0.684. The highest BCUT2D eigenvalue weighted by Crippen LogP contribution is 2.45. The average molecular weight is 451 g/mol. The molecule has 0 unspecified atom stereocenters. The van der Waals surface area contributed by atoms with E-state index in [1.165, 1.54) is 0 Å². The molecule has 6 heteroatoms. The molecule has 0 saturated heterocycles. The van der Waals surface area contributed by atoms with Crippen LogP contribution in [0.5, 0.6) is 5.75 Å². The quantitative estimate of drug-likeness (QED) is 0.719. The molecule has 1 heterocycles. The smallest absolute Gasteiger partial charge is 0.205 e. The molecule has 2 aliphatic rings. The highest BCUT2D eigenvalue weighted by Gasteiger charge is 2.39. The second-order valence-corrected chi connectivity index (χ2v) is 7.91. The lowest BCUT2D eigenvalue weighted by atomic mass is 9.77. The van der Waals surface area contributed by atoms with Crippen molar-refractivity contribution in [2.24, 2.45) is 5.73 Å². The van der Waals surface area contributed by atoms with Crippen molar-refractivity contribution in [2.45, 2.75) is 31.8 Å². The van der Waals surface area contributed by atoms with Gasteiger partial charge in [0.05, 0.1) is 5.92 Å². The third kappa shape index (κ3) is 3.79. The molecule has 1 aliphatic heterocycles. The van der Waals surface area contributed by atoms with E-state index in [1.54, 1.807) is 0 Å². The highest BCUT2D eigenvalue weighted by molar-refractivity contribution is 9.10. The molecule has 5 nitrogen and oxygen atoms in total. The SMILES string of the molecule is N#CC1=C(N)OC2=C(C(=O)CCC2)[C@H]1c1ccccc1OCc1ccc(Br)cc1. The third-order valence-corrected chi connectivity index (χ3v) is 5.67. The van der Waals surface area contributed by atoms with Gasteiger partial charge in [0.15, 0.2) is 5.78 Å². The van der Waals surface area contributed by atoms with Crippen LogP contribution in [-0.4, -0.2) is 5.78 Å². The number of rotatable bonds is 4. The van der Waals surface area contributed by atoms with Gasteiger partial charge in [-0.3, -0.25) is 4.79 Å². The van der Waals surface area contributed by atoms with E-state index in [9.17, 15) is 10.1 Å². The number of nitrogens with zero attached hydrogens (tertiary/aromatic N) is 1. The standard InChI is InChI=1S/C23H19BrN2O3/c24-15-10-8-14(9-11-15)13-28-19-6-2-1-4-16(19)21-17(12-25)23(26)29-20-7-3-5-18(27)22(20)21/h1-2,4,6,8-11,21H,3,5,7,13,26H2/t21-/m0/s1. The maximum atomic E-state index is 12.7. The summed E-state index contributed by atoms with van der Waals surface area (Å²) < 4.78 is 12.7. The molecule has 2 aromatic carbocycles. The molecule has 4 rings (SSSR count). The van der Waals surface area contributed by atoms with Gasteiger partial charge in [0, 0.05) is 28.5 Å². The molecule has 1 aliphatic carbocycles. The van der Waals surface area contributed by atoms with Crippen molar-refractivity contribution in [3.05, 3.63) is 86.9 Å². The number of hydrogen-bond acceptors (Lipinski definition) is 5. The predicted molar refractivity (Wildman–Crippen MR) is 111 cm³/mol. The Labute approximate surface area is 177 Å². The Balaban J connectivity index is 1.73. The molecule has 2 aromatic rings. The average Bonchev–Trinajstić information content (AvgIpc) is 2.73. The summed E-state index contributed by atoms with van der Waals surface area (Å²) in [4.78, 5) is 12.7. The first-order valence-corrected chi connectivity index (χ1v) is 10.2. The number of hydrogen-bond donors (Lipinski definition) is 1. The number of ether oxygens (including phenoxy) is 2. The molecule has 2 N–H and O–H groups in total. The lowest BCUT2D eigenvalue weighted by Crippen LogP contribution is -2.27. The Kier molecular flexibility index (Phi) is 5.41. The van der Waals surface area contributed by atoms with Crippen molar-refractivity contribution in [2.75, 3.05) is 0 Å². The summed E-state index contributed by atoms with van der Waals surface area (Å²) in [6.07, 6.45) is 1.80. The maximum Gasteiger partial charge on any atom is 0.205 e. The molecule has 29 heavy (non-hydrogen) atoms. The molecule has 0 saturated carbocycles. The molecular formula is C23H19BrN2O3. The van der Waals surface area contributed by atoms with Gasteiger partial charge >= 0.3 is 0 Å². The van der Waals surface area contributed by atoms with E-state index in [-0.39, 0.29) is 17.2 Å². The number of para-hydroxylation sites is 1. The van der Waals surface area contributed by atoms with Gasteiger partial charge in [-0.25, -0.2) is 0 Å². The minimum absolute atomic E-state index is 0.000729. The van der Waals surface area contributed by atoms with E-state index in [0.29, 0.717) is 36.5 Å². The summed E-state index contributed by atoms with van der Waals surface area (Å²) >= 11 is 3.43. The van der Waals surface area contributed by atoms with Crippen LogP contribution >= 0.6 is 15.9 Å². The molecule has 0 aromatic heterocycles. The van der Waals surface area contributed by atoms with Crippen molar-refractivity contribution in [1.29, 1.82) is 5.26 Å². The second kappa shape index (κ2) is 8.14. The first-order chi connectivity index (χ1) is 14.1. The predicted octanol–water partition coefficient (Wildman–Crippen LogP) is 4.84. The Morgan fingerprint density at radius 2 is 1.93 bits per heavy atom. The van der Waals surface area contributed by atoms with Crippen LogP contribution in [0.15, 0.2) is 75.8 Å². The van der Waals surface area contributed by atoms with Gasteiger partial charge in [-0.05, 0) is 30.2 Å². The van der Waals surface area contributed by atoms with Crippen molar-refractivity contribution >= 4 is 21.7 Å². The number of carbonyl (C=O) groups is 1. The Hall–Kier alpha value is -3.04. The Bertz CT molecular complexity index is 1060. The fraction of sp³-hybridized carbons (Fsp3) is 0.217. The zero-order valence-electron chi connectivity index (χ0n) is 15.7. The number of nitrogens with two attached hydrogens (primary N) is 1. The zero-order valence-corrected chi connectivity index (χ0v) is 17.2. The van der Waals surface area contributed by atoms with Crippen LogP contribution in [0.1, 0.15) is 36.3 Å².